The standard InChI is InChI=1S/C8H6F5NO.ClH/c9-4-2-1-3(6(15)5(4)10)7(14)8(11,12)13;/h1-2,7,15H,14H2;1H/t7-;/m1./s1. The van der Waals surface area contributed by atoms with Gasteiger partial charge >= 0.3 is 6.18 Å². The molecule has 2 nitrogen and oxygen atoms in total. The van der Waals surface area contributed by atoms with Gasteiger partial charge in [-0.15, -0.1) is 12.4 Å². The number of benzene rings is 1. The van der Waals surface area contributed by atoms with E-state index in [0.29, 0.717) is 12.1 Å². The summed E-state index contributed by atoms with van der Waals surface area (Å²) < 4.78 is 61.4. The Morgan fingerprint density at radius 3 is 2.12 bits per heavy atom. The van der Waals surface area contributed by atoms with E-state index in [1.165, 1.54) is 0 Å². The molecule has 8 heteroatoms. The van der Waals surface area contributed by atoms with Gasteiger partial charge in [0, 0.05) is 5.56 Å². The number of aromatic hydroxyl groups is 1. The third-order valence-corrected chi connectivity index (χ3v) is 1.79. The Kier molecular flexibility index (Phi) is 4.51. The van der Waals surface area contributed by atoms with E-state index in [4.69, 9.17) is 10.8 Å². The number of rotatable bonds is 1. The van der Waals surface area contributed by atoms with Gasteiger partial charge in [-0.3, -0.25) is 0 Å². The summed E-state index contributed by atoms with van der Waals surface area (Å²) >= 11 is 0. The lowest BCUT2D eigenvalue weighted by Gasteiger charge is -2.17. The van der Waals surface area contributed by atoms with Crippen molar-refractivity contribution in [1.82, 2.24) is 0 Å². The lowest BCUT2D eigenvalue weighted by atomic mass is 10.1. The van der Waals surface area contributed by atoms with Gasteiger partial charge in [0.1, 0.15) is 6.04 Å². The zero-order chi connectivity index (χ0) is 11.8. The van der Waals surface area contributed by atoms with Crippen LogP contribution in [0, 0.1) is 11.6 Å². The monoisotopic (exact) mass is 263 g/mol. The topological polar surface area (TPSA) is 46.2 Å². The molecule has 0 aromatic heterocycles. The molecule has 0 aliphatic heterocycles. The third kappa shape index (κ3) is 2.73. The minimum atomic E-state index is -4.83. The zero-order valence-corrected chi connectivity index (χ0v) is 8.37. The molecule has 16 heavy (non-hydrogen) atoms. The smallest absolute Gasteiger partial charge is 0.407 e. The third-order valence-electron chi connectivity index (χ3n) is 1.79. The molecule has 0 bridgehead atoms. The highest BCUT2D eigenvalue weighted by Gasteiger charge is 2.40. The van der Waals surface area contributed by atoms with Crippen molar-refractivity contribution in [1.29, 1.82) is 0 Å². The van der Waals surface area contributed by atoms with E-state index in [2.05, 4.69) is 0 Å². The zero-order valence-electron chi connectivity index (χ0n) is 7.55. The van der Waals surface area contributed by atoms with Gasteiger partial charge in [0.2, 0.25) is 5.82 Å². The van der Waals surface area contributed by atoms with Crippen LogP contribution in [0.25, 0.3) is 0 Å². The van der Waals surface area contributed by atoms with Gasteiger partial charge in [0.25, 0.3) is 0 Å². The predicted molar refractivity (Wildman–Crippen MR) is 48.3 cm³/mol. The molecule has 92 valence electrons. The van der Waals surface area contributed by atoms with Crippen LogP contribution in [-0.4, -0.2) is 11.3 Å². The van der Waals surface area contributed by atoms with Crippen molar-refractivity contribution in [2.24, 2.45) is 5.73 Å². The highest BCUT2D eigenvalue weighted by molar-refractivity contribution is 5.85. The largest absolute Gasteiger partial charge is 0.505 e. The number of phenols is 1. The van der Waals surface area contributed by atoms with Gasteiger partial charge in [-0.05, 0) is 6.07 Å². The Hall–Kier alpha value is -1.08. The van der Waals surface area contributed by atoms with Crippen molar-refractivity contribution in [3.63, 3.8) is 0 Å². The fraction of sp³-hybridized carbons (Fsp3) is 0.250. The van der Waals surface area contributed by atoms with E-state index in [1.54, 1.807) is 0 Å². The molecule has 0 saturated heterocycles. The SMILES string of the molecule is Cl.N[C@H](c1ccc(F)c(F)c1O)C(F)(F)F. The second-order valence-corrected chi connectivity index (χ2v) is 2.82. The Bertz CT molecular complexity index is 381. The molecule has 0 aliphatic rings. The van der Waals surface area contributed by atoms with Crippen LogP contribution < -0.4 is 5.73 Å². The number of nitrogens with two attached hydrogens (primary N) is 1. The van der Waals surface area contributed by atoms with E-state index in [0.717, 1.165) is 0 Å². The lowest BCUT2D eigenvalue weighted by Crippen LogP contribution is -2.28. The Balaban J connectivity index is 0.00000225. The maximum absolute atomic E-state index is 12.7. The van der Waals surface area contributed by atoms with E-state index in [1.807, 2.05) is 0 Å². The fourth-order valence-electron chi connectivity index (χ4n) is 0.982. The van der Waals surface area contributed by atoms with Crippen molar-refractivity contribution < 1.29 is 27.1 Å². The molecule has 3 N–H and O–H groups in total. The summed E-state index contributed by atoms with van der Waals surface area (Å²) in [5, 5.41) is 8.92. The van der Waals surface area contributed by atoms with Crippen molar-refractivity contribution in [2.45, 2.75) is 12.2 Å². The van der Waals surface area contributed by atoms with Crippen molar-refractivity contribution in [2.75, 3.05) is 0 Å². The summed E-state index contributed by atoms with van der Waals surface area (Å²) in [6, 6.07) is -1.49. The minimum absolute atomic E-state index is 0. The molecular formula is C8H7ClF5NO. The van der Waals surface area contributed by atoms with Crippen LogP contribution in [0.3, 0.4) is 0 Å². The number of alkyl halides is 3. The van der Waals surface area contributed by atoms with Crippen molar-refractivity contribution in [3.8, 4) is 5.75 Å². The summed E-state index contributed by atoms with van der Waals surface area (Å²) in [5.41, 5.74) is 3.82. The molecular weight excluding hydrogens is 257 g/mol. The number of phenolic OH excluding ortho intramolecular Hbond substituents is 1. The molecule has 0 fully saturated rings. The summed E-state index contributed by atoms with van der Waals surface area (Å²) in [4.78, 5) is 0. The Morgan fingerprint density at radius 2 is 1.69 bits per heavy atom. The predicted octanol–water partition coefficient (Wildman–Crippen LogP) is 2.65. The van der Waals surface area contributed by atoms with Crippen LogP contribution in [0.4, 0.5) is 22.0 Å². The van der Waals surface area contributed by atoms with Gasteiger partial charge < -0.3 is 10.8 Å². The van der Waals surface area contributed by atoms with E-state index in [-0.39, 0.29) is 12.4 Å². The van der Waals surface area contributed by atoms with Gasteiger partial charge in [0.05, 0.1) is 0 Å². The maximum atomic E-state index is 12.7. The second kappa shape index (κ2) is 4.84. The molecule has 0 aliphatic carbocycles. The van der Waals surface area contributed by atoms with Crippen LogP contribution in [0.2, 0.25) is 0 Å². The minimum Gasteiger partial charge on any atom is -0.505 e. The van der Waals surface area contributed by atoms with Crippen LogP contribution in [-0.2, 0) is 0 Å². The first-order chi connectivity index (χ1) is 6.75. The lowest BCUT2D eigenvalue weighted by molar-refractivity contribution is -0.149. The number of hydrogen-bond acceptors (Lipinski definition) is 2. The number of hydrogen-bond donors (Lipinski definition) is 2. The average Bonchev–Trinajstić information content (AvgIpc) is 2.12. The maximum Gasteiger partial charge on any atom is 0.407 e. The summed E-state index contributed by atoms with van der Waals surface area (Å²) in [6.07, 6.45) is -4.83. The normalized spacial score (nSPS) is 13.1. The van der Waals surface area contributed by atoms with Gasteiger partial charge in [-0.25, -0.2) is 4.39 Å². The molecule has 1 atom stereocenters. The molecule has 0 spiro atoms. The van der Waals surface area contributed by atoms with E-state index in [9.17, 15) is 22.0 Å². The molecule has 1 rings (SSSR count). The molecule has 0 heterocycles. The van der Waals surface area contributed by atoms with E-state index < -0.39 is 35.2 Å². The van der Waals surface area contributed by atoms with Gasteiger partial charge in [-0.2, -0.15) is 17.6 Å². The van der Waals surface area contributed by atoms with Crippen LogP contribution in [0.15, 0.2) is 12.1 Å². The molecule has 0 unspecified atom stereocenters. The van der Waals surface area contributed by atoms with Crippen molar-refractivity contribution >= 4 is 12.4 Å². The highest BCUT2D eigenvalue weighted by atomic mass is 35.5. The second-order valence-electron chi connectivity index (χ2n) is 2.82. The summed E-state index contributed by atoms with van der Waals surface area (Å²) in [7, 11) is 0. The molecule has 1 aromatic carbocycles. The van der Waals surface area contributed by atoms with E-state index >= 15 is 0 Å². The average molecular weight is 264 g/mol. The first kappa shape index (κ1) is 14.9. The Morgan fingerprint density at radius 1 is 1.19 bits per heavy atom. The fourth-order valence-corrected chi connectivity index (χ4v) is 0.982. The Labute approximate surface area is 93.3 Å². The molecule has 1 aromatic rings. The first-order valence-corrected chi connectivity index (χ1v) is 3.74. The summed E-state index contributed by atoms with van der Waals surface area (Å²) in [6.45, 7) is 0. The van der Waals surface area contributed by atoms with Gasteiger partial charge in [0.15, 0.2) is 11.6 Å². The highest BCUT2D eigenvalue weighted by Crippen LogP contribution is 2.36. The van der Waals surface area contributed by atoms with Crippen LogP contribution in [0.5, 0.6) is 5.75 Å². The quantitative estimate of drug-likeness (QED) is 0.765. The first-order valence-electron chi connectivity index (χ1n) is 3.74. The van der Waals surface area contributed by atoms with Gasteiger partial charge in [-0.1, -0.05) is 6.07 Å². The summed E-state index contributed by atoms with van der Waals surface area (Å²) in [5.74, 6) is -4.60. The number of halogens is 6. The molecule has 0 amide bonds. The van der Waals surface area contributed by atoms with Crippen molar-refractivity contribution in [3.05, 3.63) is 29.3 Å². The van der Waals surface area contributed by atoms with Crippen LogP contribution >= 0.6 is 12.4 Å². The molecule has 0 saturated carbocycles. The molecule has 0 radical (unpaired) electrons. The van der Waals surface area contributed by atoms with Crippen LogP contribution in [0.1, 0.15) is 11.6 Å².